The second-order valence-electron chi connectivity index (χ2n) is 2.43. The first-order valence-corrected chi connectivity index (χ1v) is 5.80. The fourth-order valence-corrected chi connectivity index (χ4v) is 3.03. The molecular weight excluding hydrogens is 326 g/mol. The first kappa shape index (κ1) is 7.57. The minimum Gasteiger partial charge on any atom is -0.0861 e. The molecule has 0 bridgehead atoms. The number of halogens is 2. The third-order valence-corrected chi connectivity index (χ3v) is 4.07. The lowest BCUT2D eigenvalue weighted by molar-refractivity contribution is 0.635. The molecule has 0 saturated heterocycles. The van der Waals surface area contributed by atoms with Crippen molar-refractivity contribution in [1.82, 2.24) is 0 Å². The van der Waals surface area contributed by atoms with Crippen molar-refractivity contribution >= 4 is 45.2 Å². The largest absolute Gasteiger partial charge is 0.0861 e. The van der Waals surface area contributed by atoms with E-state index in [4.69, 9.17) is 0 Å². The van der Waals surface area contributed by atoms with Crippen LogP contribution in [0.3, 0.4) is 0 Å². The number of hydrogen-bond donors (Lipinski definition) is 0. The maximum absolute atomic E-state index is 2.57. The van der Waals surface area contributed by atoms with E-state index in [9.17, 15) is 0 Å². The Balaban J connectivity index is 2.22. The first-order valence-electron chi connectivity index (χ1n) is 3.03. The van der Waals surface area contributed by atoms with E-state index in [1.807, 2.05) is 0 Å². The molecule has 0 aliphatic heterocycles. The highest BCUT2D eigenvalue weighted by atomic mass is 127. The molecule has 2 heteroatoms. The Bertz CT molecular complexity index is 72.9. The van der Waals surface area contributed by atoms with Crippen molar-refractivity contribution < 1.29 is 0 Å². The lowest BCUT2D eigenvalue weighted by Gasteiger charge is -2.00. The van der Waals surface area contributed by atoms with E-state index >= 15 is 0 Å². The van der Waals surface area contributed by atoms with Crippen LogP contribution in [0.2, 0.25) is 0 Å². The normalized spacial score (nSPS) is 38.2. The number of alkyl halides is 2. The maximum Gasteiger partial charge on any atom is 0.0113 e. The van der Waals surface area contributed by atoms with Gasteiger partial charge in [-0.25, -0.2) is 0 Å². The predicted octanol–water partition coefficient (Wildman–Crippen LogP) is 3.03. The van der Waals surface area contributed by atoms with E-state index in [0.717, 1.165) is 9.84 Å². The molecule has 0 N–H and O–H groups in total. The third kappa shape index (κ3) is 2.01. The molecule has 8 heavy (non-hydrogen) atoms. The summed E-state index contributed by atoms with van der Waals surface area (Å²) in [5.74, 6) is 1.05. The fraction of sp³-hybridized carbons (Fsp3) is 1.00. The van der Waals surface area contributed by atoms with E-state index < -0.39 is 0 Å². The Labute approximate surface area is 78.1 Å². The summed E-state index contributed by atoms with van der Waals surface area (Å²) in [6.45, 7) is 0. The molecule has 2 unspecified atom stereocenters. The second-order valence-corrected chi connectivity index (χ2v) is 5.07. The molecule has 0 heterocycles. The topological polar surface area (TPSA) is 0 Å². The number of rotatable bonds is 1. The molecule has 1 saturated carbocycles. The third-order valence-electron chi connectivity index (χ3n) is 1.70. The minimum absolute atomic E-state index is 0.993. The number of hydrogen-bond acceptors (Lipinski definition) is 0. The Kier molecular flexibility index (Phi) is 3.39. The quantitative estimate of drug-likeness (QED) is 0.510. The Morgan fingerprint density at radius 2 is 2.12 bits per heavy atom. The van der Waals surface area contributed by atoms with Crippen LogP contribution in [0.5, 0.6) is 0 Å². The molecule has 1 aliphatic rings. The average molecular weight is 336 g/mol. The summed E-state index contributed by atoms with van der Waals surface area (Å²) in [4.78, 5) is 0. The van der Waals surface area contributed by atoms with Crippen LogP contribution in [-0.2, 0) is 0 Å². The molecule has 0 aromatic rings. The Morgan fingerprint density at radius 1 is 1.38 bits per heavy atom. The highest BCUT2D eigenvalue weighted by Crippen LogP contribution is 2.31. The second kappa shape index (κ2) is 3.58. The van der Waals surface area contributed by atoms with Crippen LogP contribution in [0.1, 0.15) is 19.3 Å². The van der Waals surface area contributed by atoms with E-state index in [1.165, 1.54) is 23.7 Å². The van der Waals surface area contributed by atoms with Crippen molar-refractivity contribution in [2.75, 3.05) is 4.43 Å². The summed E-state index contributed by atoms with van der Waals surface area (Å²) in [5, 5.41) is 0. The van der Waals surface area contributed by atoms with E-state index in [-0.39, 0.29) is 0 Å². The van der Waals surface area contributed by atoms with Gasteiger partial charge in [0.05, 0.1) is 0 Å². The van der Waals surface area contributed by atoms with Gasteiger partial charge in [0.2, 0.25) is 0 Å². The summed E-state index contributed by atoms with van der Waals surface area (Å²) in [5.41, 5.74) is 0. The van der Waals surface area contributed by atoms with Crippen molar-refractivity contribution in [3.8, 4) is 0 Å². The van der Waals surface area contributed by atoms with Gasteiger partial charge in [-0.1, -0.05) is 45.2 Å². The highest BCUT2D eigenvalue weighted by molar-refractivity contribution is 14.1. The minimum atomic E-state index is 0.993. The predicted molar refractivity (Wildman–Crippen MR) is 54.0 cm³/mol. The Hall–Kier alpha value is 1.46. The Morgan fingerprint density at radius 3 is 2.38 bits per heavy atom. The van der Waals surface area contributed by atoms with Gasteiger partial charge in [0.1, 0.15) is 0 Å². The summed E-state index contributed by atoms with van der Waals surface area (Å²) in [7, 11) is 0. The van der Waals surface area contributed by atoms with Crippen molar-refractivity contribution in [2.24, 2.45) is 5.92 Å². The molecule has 2 atom stereocenters. The first-order chi connectivity index (χ1) is 3.83. The fourth-order valence-electron chi connectivity index (χ4n) is 1.15. The van der Waals surface area contributed by atoms with Crippen molar-refractivity contribution in [3.63, 3.8) is 0 Å². The van der Waals surface area contributed by atoms with Crippen LogP contribution in [0.25, 0.3) is 0 Å². The zero-order valence-corrected chi connectivity index (χ0v) is 9.05. The van der Waals surface area contributed by atoms with Crippen LogP contribution >= 0.6 is 45.2 Å². The van der Waals surface area contributed by atoms with Crippen molar-refractivity contribution in [1.29, 1.82) is 0 Å². The van der Waals surface area contributed by atoms with Gasteiger partial charge >= 0.3 is 0 Å². The maximum atomic E-state index is 2.57. The molecule has 0 aromatic carbocycles. The molecule has 1 aliphatic carbocycles. The molecule has 48 valence electrons. The summed E-state index contributed by atoms with van der Waals surface area (Å²) in [6, 6.07) is 0. The smallest absolute Gasteiger partial charge is 0.0113 e. The summed E-state index contributed by atoms with van der Waals surface area (Å²) < 4.78 is 2.37. The zero-order valence-electron chi connectivity index (χ0n) is 4.74. The molecule has 1 rings (SSSR count). The van der Waals surface area contributed by atoms with Gasteiger partial charge < -0.3 is 0 Å². The summed E-state index contributed by atoms with van der Waals surface area (Å²) >= 11 is 5.06. The van der Waals surface area contributed by atoms with Gasteiger partial charge in [-0.15, -0.1) is 0 Å². The summed E-state index contributed by atoms with van der Waals surface area (Å²) in [6.07, 6.45) is 4.42. The molecule has 0 amide bonds. The van der Waals surface area contributed by atoms with Crippen LogP contribution in [0, 0.1) is 5.92 Å². The molecule has 0 aromatic heterocycles. The van der Waals surface area contributed by atoms with E-state index in [1.54, 1.807) is 0 Å². The van der Waals surface area contributed by atoms with E-state index in [0.29, 0.717) is 0 Å². The van der Waals surface area contributed by atoms with E-state index in [2.05, 4.69) is 45.2 Å². The molecular formula is C6H10I2. The van der Waals surface area contributed by atoms with Gasteiger partial charge in [-0.2, -0.15) is 0 Å². The molecule has 0 nitrogen and oxygen atoms in total. The van der Waals surface area contributed by atoms with Crippen LogP contribution in [0.4, 0.5) is 0 Å². The van der Waals surface area contributed by atoms with Crippen molar-refractivity contribution in [2.45, 2.75) is 23.2 Å². The highest BCUT2D eigenvalue weighted by Gasteiger charge is 2.20. The van der Waals surface area contributed by atoms with Crippen molar-refractivity contribution in [3.05, 3.63) is 0 Å². The van der Waals surface area contributed by atoms with Gasteiger partial charge in [-0.3, -0.25) is 0 Å². The van der Waals surface area contributed by atoms with Crippen LogP contribution < -0.4 is 0 Å². The van der Waals surface area contributed by atoms with Crippen LogP contribution in [0.15, 0.2) is 0 Å². The molecule has 0 spiro atoms. The van der Waals surface area contributed by atoms with Gasteiger partial charge in [0, 0.05) is 8.35 Å². The lowest BCUT2D eigenvalue weighted by Crippen LogP contribution is -1.94. The van der Waals surface area contributed by atoms with Gasteiger partial charge in [0.15, 0.2) is 0 Å². The zero-order chi connectivity index (χ0) is 5.98. The van der Waals surface area contributed by atoms with Gasteiger partial charge in [-0.05, 0) is 25.2 Å². The van der Waals surface area contributed by atoms with Crippen LogP contribution in [-0.4, -0.2) is 8.35 Å². The lowest BCUT2D eigenvalue weighted by atomic mass is 10.1. The standard InChI is InChI=1S/C6H10I2/c7-4-5-1-2-6(8)3-5/h5-6H,1-4H2. The monoisotopic (exact) mass is 336 g/mol. The van der Waals surface area contributed by atoms with Gasteiger partial charge in [0.25, 0.3) is 0 Å². The SMILES string of the molecule is ICC1CCC(I)C1. The average Bonchev–Trinajstić information content (AvgIpc) is 2.14. The molecule has 1 fully saturated rings. The molecule has 0 radical (unpaired) electrons.